The number of hydrogen-bond acceptors (Lipinski definition) is 5. The topological polar surface area (TPSA) is 97.0 Å². The number of fused-ring (bicyclic) bond motifs is 1. The molecule has 1 aliphatic rings. The first-order valence-electron chi connectivity index (χ1n) is 6.41. The number of non-ortho nitro benzene ring substituents is 1. The Bertz CT molecular complexity index is 810. The highest BCUT2D eigenvalue weighted by Crippen LogP contribution is 2.22. The van der Waals surface area contributed by atoms with Crippen molar-refractivity contribution in [2.75, 3.05) is 5.32 Å². The highest BCUT2D eigenvalue weighted by atomic mass is 16.6. The molecule has 1 heterocycles. The number of hydrogen-bond donors (Lipinski definition) is 1. The summed E-state index contributed by atoms with van der Waals surface area (Å²) < 4.78 is 0. The van der Waals surface area contributed by atoms with E-state index in [-0.39, 0.29) is 17.3 Å². The second kappa shape index (κ2) is 5.57. The molecule has 0 radical (unpaired) electrons. The van der Waals surface area contributed by atoms with Gasteiger partial charge in [0.15, 0.2) is 5.71 Å². The number of amides is 1. The number of carbonyl (C=O) groups is 1. The van der Waals surface area contributed by atoms with Gasteiger partial charge in [-0.05, 0) is 23.8 Å². The number of benzene rings is 2. The van der Waals surface area contributed by atoms with E-state index in [9.17, 15) is 14.9 Å². The smallest absolute Gasteiger partial charge is 0.276 e. The second-order valence-electron chi connectivity index (χ2n) is 4.54. The molecular weight excluding hydrogens is 284 g/mol. The van der Waals surface area contributed by atoms with Crippen LogP contribution in [0.25, 0.3) is 0 Å². The molecule has 0 fully saturated rings. The van der Waals surface area contributed by atoms with Crippen molar-refractivity contribution >= 4 is 29.2 Å². The number of para-hydroxylation sites is 1. The number of nitrogens with one attached hydrogen (secondary N) is 1. The van der Waals surface area contributed by atoms with Gasteiger partial charge in [-0.1, -0.05) is 18.2 Å². The zero-order valence-corrected chi connectivity index (χ0v) is 11.3. The lowest BCUT2D eigenvalue weighted by Gasteiger charge is -1.94. The molecule has 2 aromatic rings. The van der Waals surface area contributed by atoms with Gasteiger partial charge in [0, 0.05) is 17.7 Å². The van der Waals surface area contributed by atoms with Gasteiger partial charge < -0.3 is 5.32 Å². The van der Waals surface area contributed by atoms with Gasteiger partial charge in [0.1, 0.15) is 0 Å². The second-order valence-corrected chi connectivity index (χ2v) is 4.54. The summed E-state index contributed by atoms with van der Waals surface area (Å²) in [4.78, 5) is 21.9. The maximum Gasteiger partial charge on any atom is 0.276 e. The molecule has 108 valence electrons. The third-order valence-electron chi connectivity index (χ3n) is 3.11. The van der Waals surface area contributed by atoms with E-state index in [4.69, 9.17) is 0 Å². The van der Waals surface area contributed by atoms with Crippen LogP contribution in [0.3, 0.4) is 0 Å². The fourth-order valence-corrected chi connectivity index (χ4v) is 2.04. The Kier molecular flexibility index (Phi) is 3.45. The average molecular weight is 294 g/mol. The Morgan fingerprint density at radius 1 is 1.09 bits per heavy atom. The van der Waals surface area contributed by atoms with Gasteiger partial charge in [0.2, 0.25) is 0 Å². The highest BCUT2D eigenvalue weighted by Gasteiger charge is 2.25. The van der Waals surface area contributed by atoms with Gasteiger partial charge in [-0.2, -0.15) is 5.10 Å². The van der Waals surface area contributed by atoms with Crippen molar-refractivity contribution in [3.05, 3.63) is 69.8 Å². The molecule has 1 amide bonds. The van der Waals surface area contributed by atoms with Crippen LogP contribution in [0.15, 0.2) is 58.7 Å². The molecule has 7 heteroatoms. The number of anilines is 1. The lowest BCUT2D eigenvalue weighted by Crippen LogP contribution is -2.13. The molecular formula is C15H10N4O3. The Morgan fingerprint density at radius 2 is 1.82 bits per heavy atom. The predicted molar refractivity (Wildman–Crippen MR) is 82.3 cm³/mol. The van der Waals surface area contributed by atoms with E-state index >= 15 is 0 Å². The monoisotopic (exact) mass is 294 g/mol. The molecule has 0 unspecified atom stereocenters. The number of carbonyl (C=O) groups excluding carboxylic acids is 1. The lowest BCUT2D eigenvalue weighted by molar-refractivity contribution is -0.384. The first kappa shape index (κ1) is 13.6. The van der Waals surface area contributed by atoms with Crippen LogP contribution < -0.4 is 5.32 Å². The predicted octanol–water partition coefficient (Wildman–Crippen LogP) is 2.37. The normalized spacial score (nSPS) is 15.1. The van der Waals surface area contributed by atoms with Gasteiger partial charge in [-0.15, -0.1) is 5.10 Å². The maximum atomic E-state index is 11.8. The van der Waals surface area contributed by atoms with E-state index in [0.717, 1.165) is 0 Å². The summed E-state index contributed by atoms with van der Waals surface area (Å²) in [5, 5.41) is 21.1. The van der Waals surface area contributed by atoms with Gasteiger partial charge in [0.25, 0.3) is 11.6 Å². The molecule has 1 N–H and O–H groups in total. The molecule has 0 atom stereocenters. The molecule has 0 aliphatic carbocycles. The van der Waals surface area contributed by atoms with Gasteiger partial charge in [-0.25, -0.2) is 0 Å². The molecule has 0 aromatic heterocycles. The van der Waals surface area contributed by atoms with Crippen LogP contribution >= 0.6 is 0 Å². The number of nitro groups is 1. The third-order valence-corrected chi connectivity index (χ3v) is 3.11. The van der Waals surface area contributed by atoms with Crippen molar-refractivity contribution in [2.24, 2.45) is 10.2 Å². The minimum Gasteiger partial charge on any atom is -0.320 e. The van der Waals surface area contributed by atoms with Gasteiger partial charge in [0.05, 0.1) is 16.8 Å². The summed E-state index contributed by atoms with van der Waals surface area (Å²) in [5.74, 6) is -0.304. The van der Waals surface area contributed by atoms with Crippen molar-refractivity contribution in [1.29, 1.82) is 0 Å². The summed E-state index contributed by atoms with van der Waals surface area (Å²) in [7, 11) is 0. The van der Waals surface area contributed by atoms with Crippen LogP contribution in [0.2, 0.25) is 0 Å². The van der Waals surface area contributed by atoms with Crippen LogP contribution in [0.5, 0.6) is 0 Å². The molecule has 3 rings (SSSR count). The van der Waals surface area contributed by atoms with Crippen LogP contribution in [0.1, 0.15) is 11.1 Å². The van der Waals surface area contributed by atoms with E-state index in [2.05, 4.69) is 15.5 Å². The van der Waals surface area contributed by atoms with Crippen molar-refractivity contribution in [2.45, 2.75) is 0 Å². The molecule has 1 aliphatic heterocycles. The molecule has 7 nitrogen and oxygen atoms in total. The Hall–Kier alpha value is -3.35. The molecule has 0 saturated heterocycles. The van der Waals surface area contributed by atoms with E-state index in [0.29, 0.717) is 16.8 Å². The van der Waals surface area contributed by atoms with Crippen molar-refractivity contribution in [3.63, 3.8) is 0 Å². The molecule has 0 spiro atoms. The number of nitro benzene ring substituents is 1. The van der Waals surface area contributed by atoms with Crippen LogP contribution in [-0.4, -0.2) is 22.8 Å². The average Bonchev–Trinajstić information content (AvgIpc) is 2.84. The fraction of sp³-hybridized carbons (Fsp3) is 0. The molecule has 2 aromatic carbocycles. The summed E-state index contributed by atoms with van der Waals surface area (Å²) in [6.07, 6.45) is 1.44. The Balaban J connectivity index is 1.82. The van der Waals surface area contributed by atoms with Crippen molar-refractivity contribution in [3.8, 4) is 0 Å². The summed E-state index contributed by atoms with van der Waals surface area (Å²) in [6, 6.07) is 13.1. The maximum absolute atomic E-state index is 11.8. The standard InChI is InChI=1S/C15H10N4O3/c20-15-14(12-3-1-2-4-13(12)17-15)18-16-9-10-5-7-11(8-6-10)19(21)22/h1-9H,(H,17,18,20)/b16-9+. The number of nitrogens with zero attached hydrogens (tertiary/aromatic N) is 3. The van der Waals surface area contributed by atoms with Crippen LogP contribution in [0, 0.1) is 10.1 Å². The Morgan fingerprint density at radius 3 is 2.55 bits per heavy atom. The van der Waals surface area contributed by atoms with E-state index in [1.54, 1.807) is 24.3 Å². The minimum absolute atomic E-state index is 0.00700. The lowest BCUT2D eigenvalue weighted by atomic mass is 10.1. The quantitative estimate of drug-likeness (QED) is 0.534. The molecule has 22 heavy (non-hydrogen) atoms. The molecule has 0 saturated carbocycles. The van der Waals surface area contributed by atoms with Gasteiger partial charge in [-0.3, -0.25) is 14.9 Å². The fourth-order valence-electron chi connectivity index (χ4n) is 2.04. The summed E-state index contributed by atoms with van der Waals surface area (Å²) in [5.41, 5.74) is 2.31. The third kappa shape index (κ3) is 2.59. The Labute approximate surface area is 125 Å². The van der Waals surface area contributed by atoms with Crippen LogP contribution in [0.4, 0.5) is 11.4 Å². The summed E-state index contributed by atoms with van der Waals surface area (Å²) >= 11 is 0. The van der Waals surface area contributed by atoms with Crippen molar-refractivity contribution < 1.29 is 9.72 Å². The minimum atomic E-state index is -0.471. The zero-order chi connectivity index (χ0) is 15.5. The van der Waals surface area contributed by atoms with Crippen LogP contribution in [-0.2, 0) is 4.79 Å². The van der Waals surface area contributed by atoms with Crippen molar-refractivity contribution in [1.82, 2.24) is 0 Å². The molecule has 0 bridgehead atoms. The van der Waals surface area contributed by atoms with E-state index in [1.165, 1.54) is 18.3 Å². The van der Waals surface area contributed by atoms with E-state index < -0.39 is 4.92 Å². The SMILES string of the molecule is O=C1Nc2ccccc2/C1=N\N=C\c1ccc([N+](=O)[O-])cc1. The highest BCUT2D eigenvalue weighted by molar-refractivity contribution is 6.53. The largest absolute Gasteiger partial charge is 0.320 e. The zero-order valence-electron chi connectivity index (χ0n) is 11.3. The van der Waals surface area contributed by atoms with Gasteiger partial charge >= 0.3 is 0 Å². The first-order chi connectivity index (χ1) is 10.6. The van der Waals surface area contributed by atoms with E-state index in [1.807, 2.05) is 12.1 Å². The summed E-state index contributed by atoms with van der Waals surface area (Å²) in [6.45, 7) is 0. The first-order valence-corrected chi connectivity index (χ1v) is 6.41. The number of rotatable bonds is 3.